The Hall–Kier alpha value is -4.32. The van der Waals surface area contributed by atoms with Gasteiger partial charge in [-0.25, -0.2) is 18.7 Å². The fourth-order valence-corrected chi connectivity index (χ4v) is 3.64. The number of fused-ring (bicyclic) bond motifs is 2. The summed E-state index contributed by atoms with van der Waals surface area (Å²) in [6.07, 6.45) is 0. The topological polar surface area (TPSA) is 52.1 Å². The molecule has 4 nitrogen and oxygen atoms in total. The molecule has 0 bridgehead atoms. The smallest absolute Gasteiger partial charge is 0.227 e. The average Bonchev–Trinajstić information content (AvgIpc) is 3.43. The predicted molar refractivity (Wildman–Crippen MR) is 118 cm³/mol. The quantitative estimate of drug-likeness (QED) is 0.300. The summed E-state index contributed by atoms with van der Waals surface area (Å²) < 4.78 is 38.2. The van der Waals surface area contributed by atoms with E-state index in [9.17, 15) is 8.78 Å². The van der Waals surface area contributed by atoms with Crippen molar-refractivity contribution in [1.82, 2.24) is 9.97 Å². The molecule has 6 heteroatoms. The van der Waals surface area contributed by atoms with Crippen molar-refractivity contribution >= 4 is 22.2 Å². The molecule has 0 spiro atoms. The van der Waals surface area contributed by atoms with Gasteiger partial charge in [0, 0.05) is 11.1 Å². The molecular formula is C26H14F2N2O2. The highest BCUT2D eigenvalue weighted by Gasteiger charge is 2.12. The van der Waals surface area contributed by atoms with Crippen LogP contribution in [0, 0.1) is 11.6 Å². The summed E-state index contributed by atoms with van der Waals surface area (Å²) in [5.74, 6) is 0.258. The lowest BCUT2D eigenvalue weighted by molar-refractivity contribution is 0.615. The van der Waals surface area contributed by atoms with E-state index in [1.54, 1.807) is 24.3 Å². The fourth-order valence-electron chi connectivity index (χ4n) is 3.64. The molecule has 32 heavy (non-hydrogen) atoms. The molecule has 0 aliphatic rings. The molecule has 6 rings (SSSR count). The van der Waals surface area contributed by atoms with Crippen molar-refractivity contribution in [3.8, 4) is 34.0 Å². The lowest BCUT2D eigenvalue weighted by atomic mass is 10.1. The van der Waals surface area contributed by atoms with Gasteiger partial charge in [-0.1, -0.05) is 12.1 Å². The molecular weight excluding hydrogens is 410 g/mol. The highest BCUT2D eigenvalue weighted by Crippen LogP contribution is 2.32. The van der Waals surface area contributed by atoms with Gasteiger partial charge in [0.05, 0.1) is 0 Å². The third-order valence-electron chi connectivity index (χ3n) is 5.29. The first-order valence-electron chi connectivity index (χ1n) is 9.96. The normalized spacial score (nSPS) is 11.4. The Kier molecular flexibility index (Phi) is 4.11. The Morgan fingerprint density at radius 2 is 0.844 bits per heavy atom. The Morgan fingerprint density at radius 1 is 0.469 bits per heavy atom. The van der Waals surface area contributed by atoms with E-state index in [0.29, 0.717) is 45.1 Å². The van der Waals surface area contributed by atoms with Crippen LogP contribution >= 0.6 is 0 Å². The Morgan fingerprint density at radius 3 is 1.25 bits per heavy atom. The maximum atomic E-state index is 13.2. The maximum Gasteiger partial charge on any atom is 0.227 e. The number of halogens is 2. The second-order valence-corrected chi connectivity index (χ2v) is 7.42. The lowest BCUT2D eigenvalue weighted by Gasteiger charge is -2.00. The third-order valence-corrected chi connectivity index (χ3v) is 5.29. The van der Waals surface area contributed by atoms with Crippen molar-refractivity contribution in [2.75, 3.05) is 0 Å². The summed E-state index contributed by atoms with van der Waals surface area (Å²) in [5, 5.41) is 0. The molecule has 0 fully saturated rings. The Bertz CT molecular complexity index is 1460. The van der Waals surface area contributed by atoms with Crippen LogP contribution in [0.15, 0.2) is 93.8 Å². The predicted octanol–water partition coefficient (Wildman–Crippen LogP) is 7.25. The van der Waals surface area contributed by atoms with Crippen LogP contribution in [0.25, 0.3) is 56.2 Å². The highest BCUT2D eigenvalue weighted by molar-refractivity contribution is 5.86. The second kappa shape index (κ2) is 7.13. The number of oxazole rings is 2. The molecule has 0 atom stereocenters. The molecule has 0 saturated carbocycles. The summed E-state index contributed by atoms with van der Waals surface area (Å²) in [6, 6.07) is 23.6. The summed E-state index contributed by atoms with van der Waals surface area (Å²) in [5.41, 5.74) is 5.97. The number of hydrogen-bond acceptors (Lipinski definition) is 4. The number of nitrogens with zero attached hydrogens (tertiary/aromatic N) is 2. The molecule has 6 aromatic rings. The summed E-state index contributed by atoms with van der Waals surface area (Å²) in [4.78, 5) is 8.99. The van der Waals surface area contributed by atoms with E-state index >= 15 is 0 Å². The molecule has 0 aliphatic carbocycles. The van der Waals surface area contributed by atoms with E-state index in [0.717, 1.165) is 11.1 Å². The largest absolute Gasteiger partial charge is 0.436 e. The highest BCUT2D eigenvalue weighted by atomic mass is 19.1. The molecule has 154 valence electrons. The Labute approximate surface area is 180 Å². The summed E-state index contributed by atoms with van der Waals surface area (Å²) in [6.45, 7) is 0. The van der Waals surface area contributed by atoms with E-state index in [-0.39, 0.29) is 11.6 Å². The number of rotatable bonds is 3. The molecule has 0 saturated heterocycles. The van der Waals surface area contributed by atoms with Gasteiger partial charge in [0.25, 0.3) is 0 Å². The lowest BCUT2D eigenvalue weighted by Crippen LogP contribution is -1.79. The minimum Gasteiger partial charge on any atom is -0.436 e. The molecule has 4 aromatic carbocycles. The summed E-state index contributed by atoms with van der Waals surface area (Å²) in [7, 11) is 0. The van der Waals surface area contributed by atoms with Crippen LogP contribution in [-0.4, -0.2) is 9.97 Å². The molecule has 2 aromatic heterocycles. The second-order valence-electron chi connectivity index (χ2n) is 7.42. The molecule has 0 amide bonds. The Balaban J connectivity index is 1.37. The van der Waals surface area contributed by atoms with Gasteiger partial charge in [-0.05, 0) is 83.9 Å². The zero-order valence-electron chi connectivity index (χ0n) is 16.5. The van der Waals surface area contributed by atoms with Crippen molar-refractivity contribution < 1.29 is 17.6 Å². The average molecular weight is 424 g/mol. The number of aromatic nitrogens is 2. The zero-order chi connectivity index (χ0) is 21.7. The monoisotopic (exact) mass is 424 g/mol. The van der Waals surface area contributed by atoms with E-state index in [2.05, 4.69) is 9.97 Å². The fraction of sp³-hybridized carbons (Fsp3) is 0. The van der Waals surface area contributed by atoms with Crippen molar-refractivity contribution in [1.29, 1.82) is 0 Å². The van der Waals surface area contributed by atoms with Crippen LogP contribution in [0.5, 0.6) is 0 Å². The minimum absolute atomic E-state index is 0.308. The SMILES string of the molecule is Fc1ccc(-c2nc3ccc(-c4ccc5nc(-c6ccc(F)cc6)oc5c4)cc3o2)cc1. The zero-order valence-corrected chi connectivity index (χ0v) is 16.5. The standard InChI is InChI=1S/C26H14F2N2O2/c27-19-7-1-15(2-8-19)25-29-21-11-5-17(13-23(21)31-25)18-6-12-22-24(14-18)32-26(30-22)16-3-9-20(28)10-4-16/h1-14H. The van der Waals surface area contributed by atoms with Crippen LogP contribution < -0.4 is 0 Å². The van der Waals surface area contributed by atoms with Gasteiger partial charge in [-0.15, -0.1) is 0 Å². The van der Waals surface area contributed by atoms with Gasteiger partial charge in [0.15, 0.2) is 11.2 Å². The number of hydrogen-bond donors (Lipinski definition) is 0. The number of benzene rings is 4. The van der Waals surface area contributed by atoms with Crippen LogP contribution in [0.1, 0.15) is 0 Å². The first-order chi connectivity index (χ1) is 15.6. The van der Waals surface area contributed by atoms with Gasteiger partial charge in [-0.3, -0.25) is 0 Å². The van der Waals surface area contributed by atoms with Gasteiger partial charge in [-0.2, -0.15) is 0 Å². The maximum absolute atomic E-state index is 13.2. The van der Waals surface area contributed by atoms with Gasteiger partial charge in [0.2, 0.25) is 11.8 Å². The summed E-state index contributed by atoms with van der Waals surface area (Å²) >= 11 is 0. The third kappa shape index (κ3) is 3.22. The van der Waals surface area contributed by atoms with Gasteiger partial charge >= 0.3 is 0 Å². The molecule has 0 N–H and O–H groups in total. The molecule has 0 aliphatic heterocycles. The first-order valence-corrected chi connectivity index (χ1v) is 9.96. The van der Waals surface area contributed by atoms with Crippen LogP contribution in [0.4, 0.5) is 8.78 Å². The minimum atomic E-state index is -0.308. The first kappa shape index (κ1) is 18.4. The van der Waals surface area contributed by atoms with E-state index in [1.165, 1.54) is 24.3 Å². The van der Waals surface area contributed by atoms with Crippen molar-refractivity contribution in [2.45, 2.75) is 0 Å². The van der Waals surface area contributed by atoms with Crippen LogP contribution in [0.2, 0.25) is 0 Å². The van der Waals surface area contributed by atoms with E-state index in [1.807, 2.05) is 36.4 Å². The van der Waals surface area contributed by atoms with Gasteiger partial charge in [0.1, 0.15) is 22.7 Å². The van der Waals surface area contributed by atoms with Crippen LogP contribution in [-0.2, 0) is 0 Å². The molecule has 2 heterocycles. The van der Waals surface area contributed by atoms with Crippen molar-refractivity contribution in [2.24, 2.45) is 0 Å². The van der Waals surface area contributed by atoms with E-state index in [4.69, 9.17) is 8.83 Å². The molecule has 0 radical (unpaired) electrons. The van der Waals surface area contributed by atoms with Crippen molar-refractivity contribution in [3.63, 3.8) is 0 Å². The molecule has 0 unspecified atom stereocenters. The van der Waals surface area contributed by atoms with E-state index < -0.39 is 0 Å². The van der Waals surface area contributed by atoms with Crippen molar-refractivity contribution in [3.05, 3.63) is 96.6 Å². The van der Waals surface area contributed by atoms with Gasteiger partial charge < -0.3 is 8.83 Å². The van der Waals surface area contributed by atoms with Crippen LogP contribution in [0.3, 0.4) is 0 Å².